The number of carbonyl (C=O) groups is 1. The Labute approximate surface area is 119 Å². The molecule has 0 spiro atoms. The zero-order chi connectivity index (χ0) is 14.5. The van der Waals surface area contributed by atoms with E-state index in [1.807, 2.05) is 13.8 Å². The molecule has 114 valence electrons. The highest BCUT2D eigenvalue weighted by Gasteiger charge is 2.06. The van der Waals surface area contributed by atoms with Gasteiger partial charge in [-0.1, -0.05) is 27.7 Å². The van der Waals surface area contributed by atoms with Gasteiger partial charge in [-0.25, -0.2) is 0 Å². The molecule has 0 atom stereocenters. The smallest absolute Gasteiger partial charge is 0.160 e. The van der Waals surface area contributed by atoms with E-state index in [2.05, 4.69) is 13.8 Å². The summed E-state index contributed by atoms with van der Waals surface area (Å²) in [5, 5.41) is 0. The molecular formula is C16H32O3. The van der Waals surface area contributed by atoms with Gasteiger partial charge in [-0.2, -0.15) is 0 Å². The molecule has 0 aliphatic carbocycles. The summed E-state index contributed by atoms with van der Waals surface area (Å²) in [6.45, 7) is 11.0. The topological polar surface area (TPSA) is 35.5 Å². The number of rotatable bonds is 13. The largest absolute Gasteiger partial charge is 0.381 e. The quantitative estimate of drug-likeness (QED) is 0.478. The highest BCUT2D eigenvalue weighted by atomic mass is 16.5. The average molecular weight is 272 g/mol. The van der Waals surface area contributed by atoms with E-state index < -0.39 is 0 Å². The lowest BCUT2D eigenvalue weighted by Crippen LogP contribution is -2.15. The molecule has 3 heteroatoms. The van der Waals surface area contributed by atoms with Crippen LogP contribution in [0, 0.1) is 11.8 Å². The van der Waals surface area contributed by atoms with Crippen molar-refractivity contribution in [2.75, 3.05) is 26.4 Å². The van der Waals surface area contributed by atoms with Crippen LogP contribution >= 0.6 is 0 Å². The fraction of sp³-hybridized carbons (Fsp3) is 0.938. The van der Waals surface area contributed by atoms with Crippen molar-refractivity contribution in [1.82, 2.24) is 0 Å². The van der Waals surface area contributed by atoms with Crippen LogP contribution in [0.3, 0.4) is 0 Å². The second-order valence-electron chi connectivity index (χ2n) is 5.88. The van der Waals surface area contributed by atoms with Crippen LogP contribution in [0.5, 0.6) is 0 Å². The molecule has 19 heavy (non-hydrogen) atoms. The Bertz CT molecular complexity index is 212. The number of hydrogen-bond acceptors (Lipinski definition) is 3. The molecule has 0 bridgehead atoms. The number of ketones is 1. The molecule has 0 radical (unpaired) electrons. The van der Waals surface area contributed by atoms with Gasteiger partial charge in [-0.05, 0) is 38.0 Å². The normalized spacial score (nSPS) is 11.5. The molecule has 0 unspecified atom stereocenters. The zero-order valence-corrected chi connectivity index (χ0v) is 13.2. The maximum Gasteiger partial charge on any atom is 0.160 e. The van der Waals surface area contributed by atoms with Crippen molar-refractivity contribution in [1.29, 1.82) is 0 Å². The Balaban J connectivity index is 3.09. The molecule has 0 aromatic rings. The third kappa shape index (κ3) is 13.8. The van der Waals surface area contributed by atoms with Crippen LogP contribution in [0.1, 0.15) is 59.8 Å². The molecule has 0 N–H and O–H groups in total. The first-order chi connectivity index (χ1) is 9.04. The Hall–Kier alpha value is -0.410. The van der Waals surface area contributed by atoms with Crippen LogP contribution in [-0.2, 0) is 14.3 Å². The molecule has 0 saturated carbocycles. The minimum atomic E-state index is 0.0826. The van der Waals surface area contributed by atoms with Gasteiger partial charge in [-0.15, -0.1) is 0 Å². The van der Waals surface area contributed by atoms with Gasteiger partial charge in [0.05, 0.1) is 0 Å². The fourth-order valence-corrected chi connectivity index (χ4v) is 1.62. The molecule has 0 aromatic carbocycles. The van der Waals surface area contributed by atoms with Crippen LogP contribution in [0.4, 0.5) is 0 Å². The van der Waals surface area contributed by atoms with Gasteiger partial charge in [0.1, 0.15) is 6.61 Å². The van der Waals surface area contributed by atoms with Gasteiger partial charge in [0.2, 0.25) is 0 Å². The Morgan fingerprint density at radius 3 is 2.00 bits per heavy atom. The molecule has 0 rings (SSSR count). The van der Waals surface area contributed by atoms with Crippen LogP contribution in [-0.4, -0.2) is 32.2 Å². The molecule has 3 nitrogen and oxygen atoms in total. The van der Waals surface area contributed by atoms with Crippen molar-refractivity contribution >= 4 is 5.78 Å². The van der Waals surface area contributed by atoms with Crippen molar-refractivity contribution < 1.29 is 14.3 Å². The summed E-state index contributed by atoms with van der Waals surface area (Å²) >= 11 is 0. The Kier molecular flexibility index (Phi) is 12.3. The summed E-state index contributed by atoms with van der Waals surface area (Å²) in [5.74, 6) is 1.04. The van der Waals surface area contributed by atoms with E-state index in [4.69, 9.17) is 9.47 Å². The predicted octanol–water partition coefficient (Wildman–Crippen LogP) is 3.85. The van der Waals surface area contributed by atoms with E-state index in [1.165, 1.54) is 6.42 Å². The lowest BCUT2D eigenvalue weighted by molar-refractivity contribution is -0.126. The summed E-state index contributed by atoms with van der Waals surface area (Å²) < 4.78 is 10.9. The number of ether oxygens (including phenoxy) is 2. The minimum absolute atomic E-state index is 0.0826. The monoisotopic (exact) mass is 272 g/mol. The first-order valence-electron chi connectivity index (χ1n) is 7.72. The summed E-state index contributed by atoms with van der Waals surface area (Å²) in [7, 11) is 0. The maximum atomic E-state index is 11.3. The molecular weight excluding hydrogens is 240 g/mol. The number of hydrogen-bond donors (Lipinski definition) is 0. The summed E-state index contributed by atoms with van der Waals surface area (Å²) in [6.07, 6.45) is 5.62. The molecule has 0 amide bonds. The lowest BCUT2D eigenvalue weighted by atomic mass is 10.1. The van der Waals surface area contributed by atoms with Crippen LogP contribution < -0.4 is 0 Å². The van der Waals surface area contributed by atoms with E-state index in [0.29, 0.717) is 6.61 Å². The Morgan fingerprint density at radius 2 is 1.42 bits per heavy atom. The molecule has 0 aliphatic heterocycles. The molecule has 0 aliphatic rings. The van der Waals surface area contributed by atoms with Crippen LogP contribution in [0.2, 0.25) is 0 Å². The van der Waals surface area contributed by atoms with E-state index in [1.54, 1.807) is 0 Å². The molecule has 0 aromatic heterocycles. The van der Waals surface area contributed by atoms with Crippen LogP contribution in [0.15, 0.2) is 0 Å². The van der Waals surface area contributed by atoms with Crippen molar-refractivity contribution in [3.8, 4) is 0 Å². The second kappa shape index (κ2) is 12.6. The minimum Gasteiger partial charge on any atom is -0.381 e. The van der Waals surface area contributed by atoms with Crippen molar-refractivity contribution in [2.45, 2.75) is 59.8 Å². The van der Waals surface area contributed by atoms with E-state index in [-0.39, 0.29) is 18.3 Å². The van der Waals surface area contributed by atoms with Crippen molar-refractivity contribution in [3.63, 3.8) is 0 Å². The zero-order valence-electron chi connectivity index (χ0n) is 13.2. The first-order valence-corrected chi connectivity index (χ1v) is 7.72. The second-order valence-corrected chi connectivity index (χ2v) is 5.88. The highest BCUT2D eigenvalue weighted by molar-refractivity contribution is 5.81. The van der Waals surface area contributed by atoms with Gasteiger partial charge in [-0.3, -0.25) is 4.79 Å². The third-order valence-corrected chi connectivity index (χ3v) is 3.04. The summed E-state index contributed by atoms with van der Waals surface area (Å²) in [5.41, 5.74) is 0. The van der Waals surface area contributed by atoms with E-state index >= 15 is 0 Å². The fourth-order valence-electron chi connectivity index (χ4n) is 1.62. The lowest BCUT2D eigenvalue weighted by Gasteiger charge is -2.07. The number of unbranched alkanes of at least 4 members (excludes halogenated alkanes) is 2. The van der Waals surface area contributed by atoms with Crippen molar-refractivity contribution in [3.05, 3.63) is 0 Å². The molecule has 0 saturated heterocycles. The highest BCUT2D eigenvalue weighted by Crippen LogP contribution is 2.04. The molecule has 0 heterocycles. The van der Waals surface area contributed by atoms with E-state index in [0.717, 1.165) is 44.8 Å². The maximum absolute atomic E-state index is 11.3. The van der Waals surface area contributed by atoms with Crippen LogP contribution in [0.25, 0.3) is 0 Å². The van der Waals surface area contributed by atoms with Gasteiger partial charge >= 0.3 is 0 Å². The first kappa shape index (κ1) is 18.6. The number of Topliss-reactive ketones (excluding diaryl/α,β-unsaturated/α-hetero) is 1. The van der Waals surface area contributed by atoms with Gasteiger partial charge < -0.3 is 9.47 Å². The standard InChI is InChI=1S/C16H32O3/c1-14(2)9-8-12-18-10-6-5-7-11-19-13-16(17)15(3)4/h14-15H,5-13H2,1-4H3. The number of carbonyl (C=O) groups excluding carboxylic acids is 1. The van der Waals surface area contributed by atoms with Gasteiger partial charge in [0, 0.05) is 25.7 Å². The summed E-state index contributed by atoms with van der Waals surface area (Å²) in [6, 6.07) is 0. The Morgan fingerprint density at radius 1 is 0.842 bits per heavy atom. The van der Waals surface area contributed by atoms with Gasteiger partial charge in [0.15, 0.2) is 5.78 Å². The summed E-state index contributed by atoms with van der Waals surface area (Å²) in [4.78, 5) is 11.3. The SMILES string of the molecule is CC(C)CCCOCCCCCOCC(=O)C(C)C. The van der Waals surface area contributed by atoms with Gasteiger partial charge in [0.25, 0.3) is 0 Å². The van der Waals surface area contributed by atoms with E-state index in [9.17, 15) is 4.79 Å². The molecule has 0 fully saturated rings. The predicted molar refractivity (Wildman–Crippen MR) is 79.4 cm³/mol. The third-order valence-electron chi connectivity index (χ3n) is 3.04. The van der Waals surface area contributed by atoms with Crippen molar-refractivity contribution in [2.24, 2.45) is 11.8 Å². The average Bonchev–Trinajstić information content (AvgIpc) is 2.35.